The molecular weight excluding hydrogens is 390 g/mol. The number of phenolic OH excluding ortho intramolecular Hbond substituents is 1. The third-order valence-corrected chi connectivity index (χ3v) is 4.72. The van der Waals surface area contributed by atoms with E-state index >= 15 is 0 Å². The zero-order chi connectivity index (χ0) is 21.9. The van der Waals surface area contributed by atoms with E-state index in [9.17, 15) is 19.5 Å². The number of aromatic hydroxyl groups is 1. The summed E-state index contributed by atoms with van der Waals surface area (Å²) in [7, 11) is 0. The molecule has 2 amide bonds. The summed E-state index contributed by atoms with van der Waals surface area (Å²) in [5.74, 6) is -1.60. The highest BCUT2D eigenvalue weighted by molar-refractivity contribution is 6.00. The van der Waals surface area contributed by atoms with Crippen LogP contribution >= 0.6 is 0 Å². The number of benzene rings is 1. The van der Waals surface area contributed by atoms with Crippen LogP contribution in [0.4, 0.5) is 0 Å². The van der Waals surface area contributed by atoms with Gasteiger partial charge in [-0.25, -0.2) is 0 Å². The molecule has 10 nitrogen and oxygen atoms in total. The Morgan fingerprint density at radius 2 is 1.97 bits per heavy atom. The number of amides is 2. The SMILES string of the molecule is NC(=NCCCCC(=O)O)NC(=O)[C@H](Cc1ccc(O)cc1)NC(=O)[C@@H]1CCCN1. The highest BCUT2D eigenvalue weighted by Crippen LogP contribution is 2.12. The monoisotopic (exact) mass is 419 g/mol. The minimum Gasteiger partial charge on any atom is -0.508 e. The molecule has 0 saturated carbocycles. The number of rotatable bonds is 10. The van der Waals surface area contributed by atoms with Crippen LogP contribution in [-0.2, 0) is 20.8 Å². The van der Waals surface area contributed by atoms with E-state index in [1.807, 2.05) is 0 Å². The molecule has 1 aliphatic heterocycles. The Balaban J connectivity index is 1.96. The summed E-state index contributed by atoms with van der Waals surface area (Å²) < 4.78 is 0. The topological polar surface area (TPSA) is 166 Å². The lowest BCUT2D eigenvalue weighted by Gasteiger charge is -2.20. The van der Waals surface area contributed by atoms with Gasteiger partial charge in [-0.3, -0.25) is 24.7 Å². The lowest BCUT2D eigenvalue weighted by molar-refractivity contribution is -0.137. The van der Waals surface area contributed by atoms with Crippen LogP contribution in [0, 0.1) is 0 Å². The largest absolute Gasteiger partial charge is 0.508 e. The van der Waals surface area contributed by atoms with Crippen LogP contribution in [-0.4, -0.2) is 59.1 Å². The molecule has 2 rings (SSSR count). The van der Waals surface area contributed by atoms with Crippen LogP contribution < -0.4 is 21.7 Å². The average molecular weight is 419 g/mol. The van der Waals surface area contributed by atoms with Gasteiger partial charge in [0.25, 0.3) is 0 Å². The molecule has 0 spiro atoms. The number of carboxylic acid groups (broad SMARTS) is 1. The maximum atomic E-state index is 12.7. The number of carboxylic acids is 1. The Bertz CT molecular complexity index is 759. The van der Waals surface area contributed by atoms with E-state index in [0.717, 1.165) is 18.5 Å². The second-order valence-electron chi connectivity index (χ2n) is 7.19. The number of nitrogens with zero attached hydrogens (tertiary/aromatic N) is 1. The number of carbonyl (C=O) groups is 3. The van der Waals surface area contributed by atoms with E-state index in [2.05, 4.69) is 20.9 Å². The fraction of sp³-hybridized carbons (Fsp3) is 0.500. The lowest BCUT2D eigenvalue weighted by Crippen LogP contribution is -2.54. The summed E-state index contributed by atoms with van der Waals surface area (Å²) in [5, 5.41) is 26.4. The van der Waals surface area contributed by atoms with Crippen molar-refractivity contribution in [1.29, 1.82) is 0 Å². The van der Waals surface area contributed by atoms with Gasteiger partial charge in [0, 0.05) is 19.4 Å². The van der Waals surface area contributed by atoms with Crippen molar-refractivity contribution in [2.75, 3.05) is 13.1 Å². The normalized spacial score (nSPS) is 17.3. The molecule has 1 saturated heterocycles. The Hall–Kier alpha value is -3.14. The molecular formula is C20H29N5O5. The summed E-state index contributed by atoms with van der Waals surface area (Å²) in [6.45, 7) is 1.05. The van der Waals surface area contributed by atoms with Crippen molar-refractivity contribution < 1.29 is 24.6 Å². The summed E-state index contributed by atoms with van der Waals surface area (Å²) in [6.07, 6.45) is 2.87. The van der Waals surface area contributed by atoms with Crippen LogP contribution in [0.1, 0.15) is 37.7 Å². The van der Waals surface area contributed by atoms with Crippen LogP contribution in [0.15, 0.2) is 29.3 Å². The van der Waals surface area contributed by atoms with Gasteiger partial charge in [0.15, 0.2) is 5.96 Å². The lowest BCUT2D eigenvalue weighted by atomic mass is 10.0. The molecule has 1 heterocycles. The average Bonchev–Trinajstić information content (AvgIpc) is 3.23. The number of guanidine groups is 1. The molecule has 0 radical (unpaired) electrons. The van der Waals surface area contributed by atoms with Crippen molar-refractivity contribution in [2.24, 2.45) is 10.7 Å². The predicted octanol–water partition coefficient (Wildman–Crippen LogP) is -0.143. The van der Waals surface area contributed by atoms with Gasteiger partial charge in [0.1, 0.15) is 11.8 Å². The van der Waals surface area contributed by atoms with Gasteiger partial charge in [-0.15, -0.1) is 0 Å². The van der Waals surface area contributed by atoms with Crippen molar-refractivity contribution in [3.05, 3.63) is 29.8 Å². The molecule has 2 atom stereocenters. The first-order valence-electron chi connectivity index (χ1n) is 9.99. The highest BCUT2D eigenvalue weighted by Gasteiger charge is 2.27. The smallest absolute Gasteiger partial charge is 0.303 e. The molecule has 7 N–H and O–H groups in total. The number of hydrogen-bond donors (Lipinski definition) is 6. The van der Waals surface area contributed by atoms with Gasteiger partial charge in [-0.2, -0.15) is 0 Å². The zero-order valence-electron chi connectivity index (χ0n) is 16.8. The number of aliphatic imine (C=N–C) groups is 1. The number of aliphatic carboxylic acids is 1. The number of unbranched alkanes of at least 4 members (excludes halogenated alkanes) is 1. The third-order valence-electron chi connectivity index (χ3n) is 4.72. The Kier molecular flexibility index (Phi) is 9.07. The van der Waals surface area contributed by atoms with Gasteiger partial charge < -0.3 is 26.6 Å². The molecule has 0 unspecified atom stereocenters. The van der Waals surface area contributed by atoms with Gasteiger partial charge in [0.2, 0.25) is 11.8 Å². The quantitative estimate of drug-likeness (QED) is 0.174. The number of nitrogens with one attached hydrogen (secondary N) is 3. The molecule has 0 aromatic heterocycles. The molecule has 164 valence electrons. The van der Waals surface area contributed by atoms with Crippen molar-refractivity contribution >= 4 is 23.7 Å². The minimum absolute atomic E-state index is 0.0533. The first-order chi connectivity index (χ1) is 14.3. The molecule has 1 fully saturated rings. The fourth-order valence-corrected chi connectivity index (χ4v) is 3.10. The van der Waals surface area contributed by atoms with E-state index in [1.54, 1.807) is 12.1 Å². The number of nitrogens with two attached hydrogens (primary N) is 1. The van der Waals surface area contributed by atoms with Crippen LogP contribution in [0.3, 0.4) is 0 Å². The van der Waals surface area contributed by atoms with Crippen LogP contribution in [0.25, 0.3) is 0 Å². The van der Waals surface area contributed by atoms with Crippen molar-refractivity contribution in [1.82, 2.24) is 16.0 Å². The van der Waals surface area contributed by atoms with E-state index < -0.39 is 17.9 Å². The molecule has 1 aromatic rings. The summed E-state index contributed by atoms with van der Waals surface area (Å²) in [5.41, 5.74) is 6.53. The number of carbonyl (C=O) groups excluding carboxylic acids is 2. The van der Waals surface area contributed by atoms with Crippen molar-refractivity contribution in [2.45, 2.75) is 50.6 Å². The van der Waals surface area contributed by atoms with Crippen molar-refractivity contribution in [3.8, 4) is 5.75 Å². The number of phenols is 1. The third kappa shape index (κ3) is 8.08. The van der Waals surface area contributed by atoms with Crippen LogP contribution in [0.5, 0.6) is 5.75 Å². The molecule has 0 aliphatic carbocycles. The Morgan fingerprint density at radius 1 is 1.23 bits per heavy atom. The van der Waals surface area contributed by atoms with E-state index in [1.165, 1.54) is 12.1 Å². The second kappa shape index (κ2) is 11.8. The predicted molar refractivity (Wildman–Crippen MR) is 111 cm³/mol. The van der Waals surface area contributed by atoms with Gasteiger partial charge in [-0.05, 0) is 49.9 Å². The number of hydrogen-bond acceptors (Lipinski definition) is 6. The highest BCUT2D eigenvalue weighted by atomic mass is 16.4. The van der Waals surface area contributed by atoms with Gasteiger partial charge in [-0.1, -0.05) is 12.1 Å². The van der Waals surface area contributed by atoms with E-state index in [-0.39, 0.29) is 36.5 Å². The molecule has 30 heavy (non-hydrogen) atoms. The summed E-state index contributed by atoms with van der Waals surface area (Å²) in [6, 6.07) is 5.17. The molecule has 1 aromatic carbocycles. The first-order valence-corrected chi connectivity index (χ1v) is 9.99. The Labute approximate surface area is 174 Å². The summed E-state index contributed by atoms with van der Waals surface area (Å²) in [4.78, 5) is 39.7. The standard InChI is InChI=1S/C20H29N5O5/c21-20(23-10-2-1-5-17(27)28)25-19(30)16(12-13-6-8-14(26)9-7-13)24-18(29)15-4-3-11-22-15/h6-9,15-16,22,26H,1-5,10-12H2,(H,24,29)(H,27,28)(H3,21,23,25,30)/t15-,16-/m0/s1. The maximum absolute atomic E-state index is 12.7. The zero-order valence-corrected chi connectivity index (χ0v) is 16.8. The van der Waals surface area contributed by atoms with E-state index in [0.29, 0.717) is 25.8 Å². The van der Waals surface area contributed by atoms with Gasteiger partial charge in [0.05, 0.1) is 6.04 Å². The van der Waals surface area contributed by atoms with E-state index in [4.69, 9.17) is 10.8 Å². The van der Waals surface area contributed by atoms with Gasteiger partial charge >= 0.3 is 5.97 Å². The molecule has 0 bridgehead atoms. The second-order valence-corrected chi connectivity index (χ2v) is 7.19. The summed E-state index contributed by atoms with van der Waals surface area (Å²) >= 11 is 0. The molecule has 1 aliphatic rings. The maximum Gasteiger partial charge on any atom is 0.303 e. The minimum atomic E-state index is -0.871. The van der Waals surface area contributed by atoms with Crippen molar-refractivity contribution in [3.63, 3.8) is 0 Å². The van der Waals surface area contributed by atoms with Crippen LogP contribution in [0.2, 0.25) is 0 Å². The first kappa shape index (κ1) is 23.1. The fourth-order valence-electron chi connectivity index (χ4n) is 3.10. The Morgan fingerprint density at radius 3 is 2.60 bits per heavy atom. The molecule has 10 heteroatoms.